The van der Waals surface area contributed by atoms with Gasteiger partial charge >= 0.3 is 0 Å². The summed E-state index contributed by atoms with van der Waals surface area (Å²) in [7, 11) is 2.30. The lowest BCUT2D eigenvalue weighted by Crippen LogP contribution is -2.36. The van der Waals surface area contributed by atoms with Crippen LogP contribution in [0.5, 0.6) is 0 Å². The maximum Gasteiger partial charge on any atom is 0.186 e. The molecular formula is C15H19N3S. The Balaban J connectivity index is 1.65. The van der Waals surface area contributed by atoms with Crippen LogP contribution in [0.4, 0.5) is 5.13 Å². The monoisotopic (exact) mass is 273 g/mol. The van der Waals surface area contributed by atoms with Gasteiger partial charge in [0.1, 0.15) is 0 Å². The highest BCUT2D eigenvalue weighted by Crippen LogP contribution is 2.34. The number of thiazole rings is 1. The van der Waals surface area contributed by atoms with Crippen molar-refractivity contribution in [2.45, 2.75) is 31.3 Å². The fourth-order valence-corrected chi connectivity index (χ4v) is 4.48. The van der Waals surface area contributed by atoms with Crippen LogP contribution in [0.15, 0.2) is 24.3 Å². The molecule has 2 atom stereocenters. The zero-order chi connectivity index (χ0) is 12.8. The molecule has 1 aromatic heterocycles. The predicted molar refractivity (Wildman–Crippen MR) is 81.0 cm³/mol. The Bertz CT molecular complexity index is 561. The minimum Gasteiger partial charge on any atom is -0.346 e. The third-order valence-electron chi connectivity index (χ3n) is 4.70. The number of aromatic nitrogens is 1. The molecular weight excluding hydrogens is 254 g/mol. The van der Waals surface area contributed by atoms with Gasteiger partial charge in [0.2, 0.25) is 0 Å². The molecule has 4 heteroatoms. The van der Waals surface area contributed by atoms with Crippen LogP contribution in [0.1, 0.15) is 19.3 Å². The van der Waals surface area contributed by atoms with E-state index < -0.39 is 0 Å². The van der Waals surface area contributed by atoms with E-state index in [1.165, 1.54) is 29.1 Å². The summed E-state index contributed by atoms with van der Waals surface area (Å²) in [6.45, 7) is 2.30. The highest BCUT2D eigenvalue weighted by atomic mass is 32.1. The first-order valence-corrected chi connectivity index (χ1v) is 7.95. The smallest absolute Gasteiger partial charge is 0.186 e. The number of benzene rings is 1. The Hall–Kier alpha value is -1.13. The summed E-state index contributed by atoms with van der Waals surface area (Å²) in [6, 6.07) is 9.98. The van der Waals surface area contributed by atoms with Crippen molar-refractivity contribution >= 4 is 26.7 Å². The van der Waals surface area contributed by atoms with E-state index in [1.54, 1.807) is 0 Å². The molecule has 100 valence electrons. The largest absolute Gasteiger partial charge is 0.346 e. The van der Waals surface area contributed by atoms with Crippen LogP contribution in [-0.2, 0) is 0 Å². The first-order chi connectivity index (χ1) is 9.31. The molecule has 0 spiro atoms. The van der Waals surface area contributed by atoms with E-state index in [4.69, 9.17) is 4.98 Å². The van der Waals surface area contributed by atoms with Gasteiger partial charge in [-0.3, -0.25) is 4.90 Å². The van der Waals surface area contributed by atoms with E-state index >= 15 is 0 Å². The molecule has 0 radical (unpaired) electrons. The van der Waals surface area contributed by atoms with Gasteiger partial charge in [-0.05, 0) is 38.4 Å². The first-order valence-electron chi connectivity index (χ1n) is 7.14. The van der Waals surface area contributed by atoms with Gasteiger partial charge in [-0.2, -0.15) is 0 Å². The normalized spacial score (nSPS) is 27.9. The van der Waals surface area contributed by atoms with Crippen LogP contribution < -0.4 is 4.90 Å². The molecule has 2 fully saturated rings. The summed E-state index contributed by atoms with van der Waals surface area (Å²) in [4.78, 5) is 9.91. The van der Waals surface area contributed by atoms with Crippen LogP contribution in [0.2, 0.25) is 0 Å². The molecule has 2 bridgehead atoms. The predicted octanol–water partition coefficient (Wildman–Crippen LogP) is 2.97. The van der Waals surface area contributed by atoms with Crippen LogP contribution in [-0.4, -0.2) is 42.1 Å². The van der Waals surface area contributed by atoms with Gasteiger partial charge in [-0.15, -0.1) is 0 Å². The summed E-state index contributed by atoms with van der Waals surface area (Å²) in [5.41, 5.74) is 1.14. The zero-order valence-corrected chi connectivity index (χ0v) is 12.1. The molecule has 2 aliphatic rings. The summed E-state index contributed by atoms with van der Waals surface area (Å²) >= 11 is 1.84. The quantitative estimate of drug-likeness (QED) is 0.796. The third kappa shape index (κ3) is 1.94. The molecule has 2 aliphatic heterocycles. The van der Waals surface area contributed by atoms with Crippen molar-refractivity contribution in [3.63, 3.8) is 0 Å². The van der Waals surface area contributed by atoms with Crippen molar-refractivity contribution in [2.24, 2.45) is 0 Å². The topological polar surface area (TPSA) is 19.4 Å². The molecule has 2 saturated heterocycles. The number of fused-ring (bicyclic) bond motifs is 3. The van der Waals surface area contributed by atoms with Crippen molar-refractivity contribution in [1.29, 1.82) is 0 Å². The molecule has 1 aromatic carbocycles. The average molecular weight is 273 g/mol. The van der Waals surface area contributed by atoms with E-state index in [0.717, 1.165) is 30.7 Å². The van der Waals surface area contributed by atoms with Gasteiger partial charge < -0.3 is 4.90 Å². The Kier molecular flexibility index (Phi) is 2.74. The summed E-state index contributed by atoms with van der Waals surface area (Å²) in [6.07, 6.45) is 4.01. The lowest BCUT2D eigenvalue weighted by Gasteiger charge is -2.25. The van der Waals surface area contributed by atoms with E-state index in [-0.39, 0.29) is 0 Å². The second kappa shape index (κ2) is 4.46. The van der Waals surface area contributed by atoms with E-state index in [2.05, 4.69) is 41.1 Å². The molecule has 0 aliphatic carbocycles. The lowest BCUT2D eigenvalue weighted by atomic mass is 10.1. The Morgan fingerprint density at radius 3 is 2.89 bits per heavy atom. The first kappa shape index (κ1) is 11.7. The van der Waals surface area contributed by atoms with Crippen LogP contribution >= 0.6 is 11.3 Å². The van der Waals surface area contributed by atoms with Gasteiger partial charge in [0, 0.05) is 25.2 Å². The molecule has 19 heavy (non-hydrogen) atoms. The van der Waals surface area contributed by atoms with Gasteiger partial charge in [0.15, 0.2) is 5.13 Å². The molecule has 2 aromatic rings. The average Bonchev–Trinajstić information content (AvgIpc) is 2.91. The third-order valence-corrected chi connectivity index (χ3v) is 5.80. The van der Waals surface area contributed by atoms with Crippen molar-refractivity contribution < 1.29 is 0 Å². The maximum atomic E-state index is 4.81. The van der Waals surface area contributed by atoms with Gasteiger partial charge in [-0.25, -0.2) is 4.98 Å². The van der Waals surface area contributed by atoms with Gasteiger partial charge in [0.25, 0.3) is 0 Å². The van der Waals surface area contributed by atoms with Crippen LogP contribution in [0.25, 0.3) is 10.2 Å². The number of likely N-dealkylation sites (N-methyl/N-ethyl adjacent to an activating group) is 1. The highest BCUT2D eigenvalue weighted by Gasteiger charge is 2.35. The van der Waals surface area contributed by atoms with Crippen LogP contribution in [0.3, 0.4) is 0 Å². The van der Waals surface area contributed by atoms with Crippen molar-refractivity contribution in [3.05, 3.63) is 24.3 Å². The maximum absolute atomic E-state index is 4.81. The molecule has 0 unspecified atom stereocenters. The SMILES string of the molecule is CN1[C@H]2CC[C@H]1CN(c1nc3ccccc3s1)CC2. The fourth-order valence-electron chi connectivity index (χ4n) is 3.48. The number of hydrogen-bond acceptors (Lipinski definition) is 4. The summed E-state index contributed by atoms with van der Waals surface area (Å²) in [5, 5.41) is 1.21. The summed E-state index contributed by atoms with van der Waals surface area (Å²) < 4.78 is 1.31. The minimum atomic E-state index is 0.722. The molecule has 3 heterocycles. The second-order valence-electron chi connectivity index (χ2n) is 5.75. The van der Waals surface area contributed by atoms with E-state index in [9.17, 15) is 0 Å². The van der Waals surface area contributed by atoms with Gasteiger partial charge in [-0.1, -0.05) is 23.5 Å². The van der Waals surface area contributed by atoms with Crippen LogP contribution in [0, 0.1) is 0 Å². The van der Waals surface area contributed by atoms with Crippen molar-refractivity contribution in [1.82, 2.24) is 9.88 Å². The molecule has 4 rings (SSSR count). The second-order valence-corrected chi connectivity index (χ2v) is 6.76. The number of hydrogen-bond donors (Lipinski definition) is 0. The minimum absolute atomic E-state index is 0.722. The molecule has 0 N–H and O–H groups in total. The number of rotatable bonds is 1. The standard InChI is InChI=1S/C15H19N3S/c1-17-11-6-7-12(17)10-18(9-8-11)15-16-13-4-2-3-5-14(13)19-15/h2-5,11-12H,6-10H2,1H3/t11-,12-/m0/s1. The Morgan fingerprint density at radius 2 is 2.00 bits per heavy atom. The van der Waals surface area contributed by atoms with Crippen molar-refractivity contribution in [2.75, 3.05) is 25.0 Å². The fraction of sp³-hybridized carbons (Fsp3) is 0.533. The highest BCUT2D eigenvalue weighted by molar-refractivity contribution is 7.22. The molecule has 0 amide bonds. The van der Waals surface area contributed by atoms with Crippen molar-refractivity contribution in [3.8, 4) is 0 Å². The molecule has 0 saturated carbocycles. The van der Waals surface area contributed by atoms with E-state index in [0.29, 0.717) is 0 Å². The molecule has 3 nitrogen and oxygen atoms in total. The Labute approximate surface area is 117 Å². The number of anilines is 1. The van der Waals surface area contributed by atoms with E-state index in [1.807, 2.05) is 11.3 Å². The number of nitrogens with zero attached hydrogens (tertiary/aromatic N) is 3. The Morgan fingerprint density at radius 1 is 1.16 bits per heavy atom. The zero-order valence-electron chi connectivity index (χ0n) is 11.2. The summed E-state index contributed by atoms with van der Waals surface area (Å²) in [5.74, 6) is 0. The lowest BCUT2D eigenvalue weighted by molar-refractivity contribution is 0.254. The van der Waals surface area contributed by atoms with Gasteiger partial charge in [0.05, 0.1) is 10.2 Å². The number of para-hydroxylation sites is 1.